The molecule has 2 saturated carbocycles. The molecule has 0 aliphatic heterocycles. The Bertz CT molecular complexity index is 1170. The number of nitro groups is 1. The van der Waals surface area contributed by atoms with Gasteiger partial charge in [0.25, 0.3) is 5.69 Å². The second-order valence-corrected chi connectivity index (χ2v) is 10.8. The van der Waals surface area contributed by atoms with Crippen LogP contribution in [0.15, 0.2) is 64.8 Å². The van der Waals surface area contributed by atoms with Crippen LogP contribution in [0.2, 0.25) is 0 Å². The highest BCUT2D eigenvalue weighted by atomic mass is 32.2. The SMILES string of the molecule is CC1(C)[C@H]2CC[C@@]1(CS(=O)(=O)Nc1ccccc1)C(=NN=Cc1ccc([N+](=O)[O-])cc1)C2. The van der Waals surface area contributed by atoms with Crippen LogP contribution in [0.3, 0.4) is 0 Å². The molecule has 0 unspecified atom stereocenters. The van der Waals surface area contributed by atoms with Crippen LogP contribution in [-0.4, -0.2) is 31.0 Å². The fourth-order valence-corrected chi connectivity index (χ4v) is 7.07. The second-order valence-electron chi connectivity index (χ2n) is 9.11. The van der Waals surface area contributed by atoms with Gasteiger partial charge < -0.3 is 0 Å². The molecule has 2 aromatic carbocycles. The number of nitrogens with zero attached hydrogens (tertiary/aromatic N) is 3. The third-order valence-electron chi connectivity index (χ3n) is 7.14. The van der Waals surface area contributed by atoms with Crippen LogP contribution >= 0.6 is 0 Å². The molecule has 8 nitrogen and oxygen atoms in total. The standard InChI is InChI=1S/C23H26N4O4S/c1-22(2)18-12-13-23(22,16-32(30,31)26-19-6-4-3-5-7-19)21(14-18)25-24-15-17-8-10-20(11-9-17)27(28)29/h3-11,15,18,26H,12-14,16H2,1-2H3/t18-,23+/m0/s1. The molecule has 2 aromatic rings. The Kier molecular flexibility index (Phi) is 5.62. The highest BCUT2D eigenvalue weighted by Gasteiger charge is 2.64. The minimum Gasteiger partial charge on any atom is -0.284 e. The monoisotopic (exact) mass is 454 g/mol. The fourth-order valence-electron chi connectivity index (χ4n) is 5.17. The van der Waals surface area contributed by atoms with E-state index >= 15 is 0 Å². The van der Waals surface area contributed by atoms with Gasteiger partial charge in [0.2, 0.25) is 10.0 Å². The molecule has 0 saturated heterocycles. The first-order valence-corrected chi connectivity index (χ1v) is 12.2. The van der Waals surface area contributed by atoms with Crippen molar-refractivity contribution in [1.82, 2.24) is 0 Å². The van der Waals surface area contributed by atoms with E-state index in [1.807, 2.05) is 6.07 Å². The molecule has 32 heavy (non-hydrogen) atoms. The first-order valence-electron chi connectivity index (χ1n) is 10.5. The van der Waals surface area contributed by atoms with Crippen LogP contribution in [0.4, 0.5) is 11.4 Å². The topological polar surface area (TPSA) is 114 Å². The second kappa shape index (κ2) is 8.12. The number of sulfonamides is 1. The number of anilines is 1. The highest BCUT2D eigenvalue weighted by molar-refractivity contribution is 7.92. The lowest BCUT2D eigenvalue weighted by Crippen LogP contribution is -2.43. The minimum atomic E-state index is -3.60. The van der Waals surface area contributed by atoms with Crippen molar-refractivity contribution in [2.24, 2.45) is 27.0 Å². The third-order valence-corrected chi connectivity index (χ3v) is 8.56. The molecule has 2 bridgehead atoms. The van der Waals surface area contributed by atoms with E-state index in [9.17, 15) is 18.5 Å². The lowest BCUT2D eigenvalue weighted by molar-refractivity contribution is -0.384. The van der Waals surface area contributed by atoms with E-state index in [0.717, 1.165) is 25.0 Å². The van der Waals surface area contributed by atoms with Gasteiger partial charge in [-0.15, -0.1) is 0 Å². The average Bonchev–Trinajstić information content (AvgIpc) is 3.09. The number of fused-ring (bicyclic) bond motifs is 2. The van der Waals surface area contributed by atoms with Crippen molar-refractivity contribution in [3.05, 3.63) is 70.3 Å². The number of hydrogen-bond donors (Lipinski definition) is 1. The molecule has 4 rings (SSSR count). The maximum absolute atomic E-state index is 13.1. The average molecular weight is 455 g/mol. The number of nitrogens with one attached hydrogen (secondary N) is 1. The highest BCUT2D eigenvalue weighted by Crippen LogP contribution is 2.64. The van der Waals surface area contributed by atoms with Crippen LogP contribution in [0.1, 0.15) is 38.7 Å². The fraction of sp³-hybridized carbons (Fsp3) is 0.391. The van der Waals surface area contributed by atoms with Gasteiger partial charge in [-0.1, -0.05) is 32.0 Å². The normalized spacial score (nSPS) is 25.4. The number of para-hydroxylation sites is 1. The van der Waals surface area contributed by atoms with E-state index in [1.165, 1.54) is 12.1 Å². The number of hydrogen-bond acceptors (Lipinski definition) is 6. The van der Waals surface area contributed by atoms with Crippen molar-refractivity contribution >= 4 is 33.3 Å². The molecule has 0 radical (unpaired) electrons. The minimum absolute atomic E-state index is 0.0124. The molecule has 0 heterocycles. The number of nitro benzene ring substituents is 1. The molecular weight excluding hydrogens is 428 g/mol. The largest absolute Gasteiger partial charge is 0.284 e. The Hall–Kier alpha value is -3.07. The van der Waals surface area contributed by atoms with Crippen molar-refractivity contribution in [3.63, 3.8) is 0 Å². The predicted octanol–water partition coefficient (Wildman–Crippen LogP) is 4.64. The van der Waals surface area contributed by atoms with Gasteiger partial charge in [-0.05, 0) is 60.4 Å². The number of rotatable bonds is 7. The quantitative estimate of drug-likeness (QED) is 0.373. The first kappa shape index (κ1) is 22.1. The summed E-state index contributed by atoms with van der Waals surface area (Å²) in [6.45, 7) is 4.26. The molecule has 2 fully saturated rings. The molecule has 1 N–H and O–H groups in total. The van der Waals surface area contributed by atoms with Gasteiger partial charge >= 0.3 is 0 Å². The van der Waals surface area contributed by atoms with Crippen molar-refractivity contribution in [2.45, 2.75) is 33.1 Å². The van der Waals surface area contributed by atoms with E-state index in [-0.39, 0.29) is 16.9 Å². The summed E-state index contributed by atoms with van der Waals surface area (Å²) < 4.78 is 28.9. The molecule has 2 aliphatic rings. The summed E-state index contributed by atoms with van der Waals surface area (Å²) in [7, 11) is -3.60. The molecule has 9 heteroatoms. The molecule has 0 amide bonds. The molecule has 0 aromatic heterocycles. The van der Waals surface area contributed by atoms with Crippen LogP contribution in [0, 0.1) is 26.9 Å². The summed E-state index contributed by atoms with van der Waals surface area (Å²) in [5.41, 5.74) is 1.28. The van der Waals surface area contributed by atoms with E-state index in [0.29, 0.717) is 17.2 Å². The van der Waals surface area contributed by atoms with Crippen molar-refractivity contribution in [2.75, 3.05) is 10.5 Å². The first-order chi connectivity index (χ1) is 15.1. The summed E-state index contributed by atoms with van der Waals surface area (Å²) >= 11 is 0. The summed E-state index contributed by atoms with van der Waals surface area (Å²) in [5, 5.41) is 19.5. The van der Waals surface area contributed by atoms with Gasteiger partial charge in [-0.25, -0.2) is 8.42 Å². The zero-order valence-electron chi connectivity index (χ0n) is 18.1. The Morgan fingerprint density at radius 2 is 1.84 bits per heavy atom. The summed E-state index contributed by atoms with van der Waals surface area (Å²) in [4.78, 5) is 10.3. The Balaban J connectivity index is 1.58. The van der Waals surface area contributed by atoms with Gasteiger partial charge in [0, 0.05) is 28.9 Å². The number of benzene rings is 2. The van der Waals surface area contributed by atoms with Crippen LogP contribution in [0.5, 0.6) is 0 Å². The van der Waals surface area contributed by atoms with Crippen molar-refractivity contribution in [1.29, 1.82) is 0 Å². The van der Waals surface area contributed by atoms with Gasteiger partial charge in [0.1, 0.15) is 0 Å². The van der Waals surface area contributed by atoms with Crippen molar-refractivity contribution in [3.8, 4) is 0 Å². The van der Waals surface area contributed by atoms with Gasteiger partial charge in [0.05, 0.1) is 16.9 Å². The van der Waals surface area contributed by atoms with Gasteiger partial charge in [0.15, 0.2) is 0 Å². The lowest BCUT2D eigenvalue weighted by atomic mass is 9.70. The third kappa shape index (κ3) is 4.04. The Morgan fingerprint density at radius 3 is 2.47 bits per heavy atom. The maximum atomic E-state index is 13.1. The zero-order chi connectivity index (χ0) is 23.0. The van der Waals surface area contributed by atoms with E-state index in [4.69, 9.17) is 0 Å². The van der Waals surface area contributed by atoms with E-state index in [1.54, 1.807) is 42.6 Å². The Labute approximate surface area is 187 Å². The van der Waals surface area contributed by atoms with Crippen LogP contribution < -0.4 is 4.72 Å². The summed E-state index contributed by atoms with van der Waals surface area (Å²) in [6, 6.07) is 14.9. The molecule has 2 atom stereocenters. The van der Waals surface area contributed by atoms with Crippen LogP contribution in [0.25, 0.3) is 0 Å². The van der Waals surface area contributed by atoms with Crippen molar-refractivity contribution < 1.29 is 13.3 Å². The lowest BCUT2D eigenvalue weighted by Gasteiger charge is -2.37. The number of non-ortho nitro benzene ring substituents is 1. The van der Waals surface area contributed by atoms with E-state index in [2.05, 4.69) is 28.8 Å². The predicted molar refractivity (Wildman–Crippen MR) is 126 cm³/mol. The maximum Gasteiger partial charge on any atom is 0.269 e. The zero-order valence-corrected chi connectivity index (χ0v) is 18.9. The molecule has 168 valence electrons. The Morgan fingerprint density at radius 1 is 1.16 bits per heavy atom. The molecule has 0 spiro atoms. The van der Waals surface area contributed by atoms with Crippen LogP contribution in [-0.2, 0) is 10.0 Å². The van der Waals surface area contributed by atoms with Gasteiger partial charge in [-0.3, -0.25) is 14.8 Å². The van der Waals surface area contributed by atoms with Gasteiger partial charge in [-0.2, -0.15) is 10.2 Å². The summed E-state index contributed by atoms with van der Waals surface area (Å²) in [5.74, 6) is 0.326. The molecule has 2 aliphatic carbocycles. The molecular formula is C23H26N4O4S. The van der Waals surface area contributed by atoms with E-state index < -0.39 is 20.4 Å². The summed E-state index contributed by atoms with van der Waals surface area (Å²) in [6.07, 6.45) is 4.00. The smallest absolute Gasteiger partial charge is 0.269 e.